The van der Waals surface area contributed by atoms with Gasteiger partial charge in [0.1, 0.15) is 17.6 Å². The highest BCUT2D eigenvalue weighted by molar-refractivity contribution is 5.92. The van der Waals surface area contributed by atoms with E-state index in [9.17, 15) is 4.79 Å². The molecule has 6 heteroatoms. The van der Waals surface area contributed by atoms with E-state index in [0.29, 0.717) is 28.7 Å². The zero-order valence-electron chi connectivity index (χ0n) is 13.6. The Labute approximate surface area is 141 Å². The van der Waals surface area contributed by atoms with Gasteiger partial charge in [-0.2, -0.15) is 5.26 Å². The van der Waals surface area contributed by atoms with Crippen LogP contribution in [0, 0.1) is 17.2 Å². The Bertz CT molecular complexity index is 766. The third kappa shape index (κ3) is 3.51. The van der Waals surface area contributed by atoms with Gasteiger partial charge in [-0.1, -0.05) is 19.1 Å². The largest absolute Gasteiger partial charge is 0.338 e. The number of rotatable bonds is 3. The Hall–Kier alpha value is -2.94. The van der Waals surface area contributed by atoms with Crippen molar-refractivity contribution < 1.29 is 4.79 Å². The zero-order chi connectivity index (χ0) is 16.9. The number of nitrogens with zero attached hydrogens (tertiary/aromatic N) is 4. The van der Waals surface area contributed by atoms with E-state index in [2.05, 4.69) is 28.3 Å². The summed E-state index contributed by atoms with van der Waals surface area (Å²) in [6.07, 6.45) is 5.20. The molecule has 1 saturated heterocycles. The van der Waals surface area contributed by atoms with Crippen molar-refractivity contribution in [2.24, 2.45) is 5.92 Å². The van der Waals surface area contributed by atoms with Gasteiger partial charge in [0.2, 0.25) is 0 Å². The van der Waals surface area contributed by atoms with Crippen LogP contribution in [0.1, 0.15) is 35.8 Å². The maximum Gasteiger partial charge on any atom is 0.274 e. The zero-order valence-corrected chi connectivity index (χ0v) is 13.6. The monoisotopic (exact) mass is 321 g/mol. The molecule has 0 aliphatic carbocycles. The van der Waals surface area contributed by atoms with Crippen LogP contribution in [-0.4, -0.2) is 33.9 Å². The number of amides is 1. The molecule has 3 rings (SSSR count). The van der Waals surface area contributed by atoms with Gasteiger partial charge in [0.05, 0.1) is 23.6 Å². The minimum Gasteiger partial charge on any atom is -0.338 e. The van der Waals surface area contributed by atoms with Gasteiger partial charge in [-0.3, -0.25) is 4.79 Å². The molecule has 1 aliphatic heterocycles. The molecule has 0 spiro atoms. The van der Waals surface area contributed by atoms with E-state index in [1.54, 1.807) is 18.2 Å². The second-order valence-corrected chi connectivity index (χ2v) is 6.07. The van der Waals surface area contributed by atoms with Crippen molar-refractivity contribution in [1.29, 1.82) is 5.26 Å². The predicted octanol–water partition coefficient (Wildman–Crippen LogP) is 2.96. The first-order valence-electron chi connectivity index (χ1n) is 8.05. The number of nitriles is 1. The Morgan fingerprint density at radius 2 is 2.17 bits per heavy atom. The van der Waals surface area contributed by atoms with Crippen molar-refractivity contribution in [1.82, 2.24) is 14.9 Å². The average Bonchev–Trinajstić information content (AvgIpc) is 2.62. The van der Waals surface area contributed by atoms with Gasteiger partial charge in [0.15, 0.2) is 0 Å². The van der Waals surface area contributed by atoms with Crippen molar-refractivity contribution in [3.63, 3.8) is 0 Å². The first-order chi connectivity index (χ1) is 11.7. The van der Waals surface area contributed by atoms with Gasteiger partial charge in [0.25, 0.3) is 5.91 Å². The summed E-state index contributed by atoms with van der Waals surface area (Å²) in [5, 5.41) is 12.2. The number of anilines is 2. The minimum absolute atomic E-state index is 0.0713. The van der Waals surface area contributed by atoms with E-state index in [-0.39, 0.29) is 5.91 Å². The molecule has 6 nitrogen and oxygen atoms in total. The highest BCUT2D eigenvalue weighted by atomic mass is 16.2. The van der Waals surface area contributed by atoms with Gasteiger partial charge in [-0.05, 0) is 30.9 Å². The molecule has 2 aromatic rings. The highest BCUT2D eigenvalue weighted by Crippen LogP contribution is 2.19. The third-order valence-corrected chi connectivity index (χ3v) is 4.13. The normalized spacial score (nSPS) is 17.2. The number of carbonyl (C=O) groups is 1. The van der Waals surface area contributed by atoms with Crippen molar-refractivity contribution in [3.05, 3.63) is 47.9 Å². The Morgan fingerprint density at radius 3 is 2.88 bits per heavy atom. The van der Waals surface area contributed by atoms with E-state index in [1.165, 1.54) is 12.4 Å². The van der Waals surface area contributed by atoms with Crippen LogP contribution in [0.15, 0.2) is 36.7 Å². The van der Waals surface area contributed by atoms with E-state index >= 15 is 0 Å². The van der Waals surface area contributed by atoms with Crippen LogP contribution < -0.4 is 5.32 Å². The maximum atomic E-state index is 12.5. The standard InChI is InChI=1S/C18H19N5O/c1-13-5-4-8-23(12-13)18(24)16-10-21-17(11-20-16)22-15-7-3-2-6-14(15)9-19/h2-3,6-7,10-11,13H,4-5,8,12H2,1H3,(H,21,22). The molecule has 1 N–H and O–H groups in total. The lowest BCUT2D eigenvalue weighted by molar-refractivity contribution is 0.0676. The van der Waals surface area contributed by atoms with Crippen LogP contribution in [0.5, 0.6) is 0 Å². The van der Waals surface area contributed by atoms with Gasteiger partial charge < -0.3 is 10.2 Å². The fourth-order valence-electron chi connectivity index (χ4n) is 2.87. The molecule has 0 bridgehead atoms. The summed E-state index contributed by atoms with van der Waals surface area (Å²) in [4.78, 5) is 22.8. The molecule has 1 amide bonds. The first-order valence-corrected chi connectivity index (χ1v) is 8.05. The van der Waals surface area contributed by atoms with E-state index in [1.807, 2.05) is 11.0 Å². The fraction of sp³-hybridized carbons (Fsp3) is 0.333. The van der Waals surface area contributed by atoms with Gasteiger partial charge in [-0.15, -0.1) is 0 Å². The number of benzene rings is 1. The number of piperidine rings is 1. The number of likely N-dealkylation sites (tertiary alicyclic amines) is 1. The van der Waals surface area contributed by atoms with E-state index < -0.39 is 0 Å². The average molecular weight is 321 g/mol. The summed E-state index contributed by atoms with van der Waals surface area (Å²) in [5.74, 6) is 0.957. The Kier molecular flexibility index (Phi) is 4.71. The molecule has 1 aromatic carbocycles. The number of hydrogen-bond donors (Lipinski definition) is 1. The van der Waals surface area contributed by atoms with Crippen LogP contribution >= 0.6 is 0 Å². The molecule has 0 radical (unpaired) electrons. The van der Waals surface area contributed by atoms with Crippen LogP contribution in [0.25, 0.3) is 0 Å². The highest BCUT2D eigenvalue weighted by Gasteiger charge is 2.23. The summed E-state index contributed by atoms with van der Waals surface area (Å²) in [6, 6.07) is 9.29. The van der Waals surface area contributed by atoms with Crippen molar-refractivity contribution in [2.75, 3.05) is 18.4 Å². The van der Waals surface area contributed by atoms with Crippen molar-refractivity contribution >= 4 is 17.4 Å². The van der Waals surface area contributed by atoms with Gasteiger partial charge in [-0.25, -0.2) is 9.97 Å². The van der Waals surface area contributed by atoms with Crippen LogP contribution in [-0.2, 0) is 0 Å². The van der Waals surface area contributed by atoms with Gasteiger partial charge >= 0.3 is 0 Å². The van der Waals surface area contributed by atoms with Gasteiger partial charge in [0, 0.05) is 13.1 Å². The topological polar surface area (TPSA) is 81.9 Å². The number of nitrogens with one attached hydrogen (secondary N) is 1. The molecule has 1 atom stereocenters. The number of aromatic nitrogens is 2. The van der Waals surface area contributed by atoms with Crippen molar-refractivity contribution in [2.45, 2.75) is 19.8 Å². The maximum absolute atomic E-state index is 12.5. The van der Waals surface area contributed by atoms with Crippen LogP contribution in [0.4, 0.5) is 11.5 Å². The van der Waals surface area contributed by atoms with Crippen LogP contribution in [0.3, 0.4) is 0 Å². The Balaban J connectivity index is 1.71. The van der Waals surface area contributed by atoms with Crippen LogP contribution in [0.2, 0.25) is 0 Å². The summed E-state index contributed by atoms with van der Waals surface area (Å²) in [7, 11) is 0. The molecule has 1 unspecified atom stereocenters. The lowest BCUT2D eigenvalue weighted by Crippen LogP contribution is -2.39. The summed E-state index contributed by atoms with van der Waals surface area (Å²) in [5.41, 5.74) is 1.54. The van der Waals surface area contributed by atoms with Crippen molar-refractivity contribution in [3.8, 4) is 6.07 Å². The second kappa shape index (κ2) is 7.09. The molecular weight excluding hydrogens is 302 g/mol. The lowest BCUT2D eigenvalue weighted by atomic mass is 10.0. The summed E-state index contributed by atoms with van der Waals surface area (Å²) in [6.45, 7) is 3.71. The summed E-state index contributed by atoms with van der Waals surface area (Å²) >= 11 is 0. The molecule has 122 valence electrons. The van der Waals surface area contributed by atoms with E-state index in [0.717, 1.165) is 25.9 Å². The second-order valence-electron chi connectivity index (χ2n) is 6.07. The smallest absolute Gasteiger partial charge is 0.274 e. The molecule has 2 heterocycles. The molecule has 1 aliphatic rings. The molecule has 1 aromatic heterocycles. The molecular formula is C18H19N5O. The quantitative estimate of drug-likeness (QED) is 0.940. The molecule has 1 fully saturated rings. The lowest BCUT2D eigenvalue weighted by Gasteiger charge is -2.30. The first kappa shape index (κ1) is 15.9. The summed E-state index contributed by atoms with van der Waals surface area (Å²) < 4.78 is 0. The van der Waals surface area contributed by atoms with E-state index in [4.69, 9.17) is 5.26 Å². The number of para-hydroxylation sites is 1. The Morgan fingerprint density at radius 1 is 1.33 bits per heavy atom. The number of carbonyl (C=O) groups excluding carboxylic acids is 1. The minimum atomic E-state index is -0.0713. The fourth-order valence-corrected chi connectivity index (χ4v) is 2.87. The predicted molar refractivity (Wildman–Crippen MR) is 90.8 cm³/mol. The number of hydrogen-bond acceptors (Lipinski definition) is 5. The third-order valence-electron chi connectivity index (χ3n) is 4.13. The SMILES string of the molecule is CC1CCCN(C(=O)c2cnc(Nc3ccccc3C#N)cn2)C1. The molecule has 0 saturated carbocycles. The molecule has 24 heavy (non-hydrogen) atoms.